The van der Waals surface area contributed by atoms with Crippen molar-refractivity contribution in [1.29, 1.82) is 0 Å². The topological polar surface area (TPSA) is 214 Å². The molecule has 10 atom stereocenters. The Morgan fingerprint density at radius 1 is 0.857 bits per heavy atom. The standard InChI is InChI=1S/C41H62N4O11/c1-20-11-10-12-21(2)40(53)43-31-26(19-42-45-16-14-44(8)15-17-45)36(50)28-29(37(31)51)35(49)25(6)38-30(28)39(52)41(7,56-38)55-18-13-27(54-9)22(3)33(47)24(5)34(48)23(4)32(20)46/h19-24,27,32-34,46-51H,10-18H2,1-9H3,(H,43,53)/b42-19+/t20-,21?,22-,23-,24-,27+,32-,33-,34+,41+/m1/s1. The summed E-state index contributed by atoms with van der Waals surface area (Å²) in [5.41, 5.74) is -0.240. The first-order valence-corrected chi connectivity index (χ1v) is 19.8. The van der Waals surface area contributed by atoms with E-state index in [2.05, 4.69) is 15.3 Å². The highest BCUT2D eigenvalue weighted by Crippen LogP contribution is 2.55. The number of hydrogen-bond acceptors (Lipinski definition) is 14. The number of carbonyl (C=O) groups is 2. The van der Waals surface area contributed by atoms with Gasteiger partial charge >= 0.3 is 0 Å². The average Bonchev–Trinajstić information content (AvgIpc) is 3.44. The second-order valence-electron chi connectivity index (χ2n) is 16.6. The molecule has 2 aromatic rings. The number of likely N-dealkylation sites (N-methyl/N-ethyl adjacent to an activating group) is 1. The Morgan fingerprint density at radius 2 is 1.48 bits per heavy atom. The van der Waals surface area contributed by atoms with Gasteiger partial charge in [-0.15, -0.1) is 0 Å². The fourth-order valence-electron chi connectivity index (χ4n) is 8.38. The van der Waals surface area contributed by atoms with E-state index in [0.717, 1.165) is 13.1 Å². The van der Waals surface area contributed by atoms with Gasteiger partial charge in [0.1, 0.15) is 17.2 Å². The minimum atomic E-state index is -1.91. The Kier molecular flexibility index (Phi) is 13.5. The average molecular weight is 787 g/mol. The number of benzene rings is 2. The highest BCUT2D eigenvalue weighted by molar-refractivity contribution is 6.23. The number of phenols is 3. The summed E-state index contributed by atoms with van der Waals surface area (Å²) in [7, 11) is 3.50. The fourth-order valence-corrected chi connectivity index (χ4v) is 8.38. The molecule has 5 bridgehead atoms. The van der Waals surface area contributed by atoms with Crippen molar-refractivity contribution in [3.05, 3.63) is 16.7 Å². The molecule has 0 radical (unpaired) electrons. The van der Waals surface area contributed by atoms with Crippen molar-refractivity contribution in [2.45, 2.75) is 104 Å². The number of phenolic OH excluding ortho intramolecular Hbond substituents is 3. The molecular weight excluding hydrogens is 724 g/mol. The lowest BCUT2D eigenvalue weighted by molar-refractivity contribution is -0.139. The molecule has 1 saturated heterocycles. The van der Waals surface area contributed by atoms with Crippen molar-refractivity contribution in [1.82, 2.24) is 9.91 Å². The smallest absolute Gasteiger partial charge is 0.272 e. The van der Waals surface area contributed by atoms with Gasteiger partial charge in [0.15, 0.2) is 5.75 Å². The zero-order valence-corrected chi connectivity index (χ0v) is 34.2. The number of anilines is 1. The molecule has 1 unspecified atom stereocenters. The number of hydrogen-bond donors (Lipinski definition) is 7. The third-order valence-electron chi connectivity index (χ3n) is 12.6. The van der Waals surface area contributed by atoms with Crippen molar-refractivity contribution >= 4 is 34.4 Å². The molecule has 0 saturated carbocycles. The van der Waals surface area contributed by atoms with Crippen molar-refractivity contribution in [2.75, 3.05) is 52.3 Å². The minimum absolute atomic E-state index is 0.0319. The lowest BCUT2D eigenvalue weighted by Gasteiger charge is -2.37. The van der Waals surface area contributed by atoms with Crippen molar-refractivity contribution in [2.24, 2.45) is 34.7 Å². The number of nitrogens with one attached hydrogen (secondary N) is 1. The third-order valence-corrected chi connectivity index (χ3v) is 12.6. The number of nitrogens with zero attached hydrogens (tertiary/aromatic N) is 3. The van der Waals surface area contributed by atoms with Crippen LogP contribution in [-0.4, -0.2) is 136 Å². The number of aliphatic hydroxyl groups is 3. The van der Waals surface area contributed by atoms with Crippen LogP contribution in [0.1, 0.15) is 88.7 Å². The van der Waals surface area contributed by atoms with Gasteiger partial charge in [-0.25, -0.2) is 0 Å². The summed E-state index contributed by atoms with van der Waals surface area (Å²) in [6.07, 6.45) is -0.409. The number of hydrazone groups is 1. The fraction of sp³-hybridized carbons (Fsp3) is 0.683. The summed E-state index contributed by atoms with van der Waals surface area (Å²) in [6.45, 7) is 14.5. The zero-order chi connectivity index (χ0) is 41.4. The van der Waals surface area contributed by atoms with Crippen LogP contribution in [0.3, 0.4) is 0 Å². The quantitative estimate of drug-likeness (QED) is 0.134. The summed E-state index contributed by atoms with van der Waals surface area (Å²) < 4.78 is 18.0. The normalized spacial score (nSPS) is 33.4. The SMILES string of the molecule is CO[C@H]1CCO[C@@]2(C)Oc3c(C)c(O)c4c(O)c(c(/C=N/N5CCN(C)CC5)c(O)c4c3C2=O)NC(=O)C(C)CCC[C@@H](C)[C@@H](O)[C@@H](C)[C@H](O)[C@H](C)[C@H](O)[C@@H]1C. The Hall–Kier alpha value is -3.73. The summed E-state index contributed by atoms with van der Waals surface area (Å²) in [4.78, 5) is 30.3. The van der Waals surface area contributed by atoms with Crippen molar-refractivity contribution < 1.29 is 54.4 Å². The summed E-state index contributed by atoms with van der Waals surface area (Å²) in [5.74, 6) is -7.09. The second-order valence-corrected chi connectivity index (χ2v) is 16.6. The number of amides is 1. The van der Waals surface area contributed by atoms with Gasteiger partial charge in [0, 0.05) is 74.8 Å². The van der Waals surface area contributed by atoms with E-state index in [1.807, 2.05) is 14.0 Å². The number of carbonyl (C=O) groups excluding carboxylic acids is 2. The van der Waals surface area contributed by atoms with Gasteiger partial charge in [0.2, 0.25) is 11.7 Å². The number of ether oxygens (including phenoxy) is 3. The molecular formula is C41H62N4O11. The lowest BCUT2D eigenvalue weighted by atomic mass is 9.77. The summed E-state index contributed by atoms with van der Waals surface area (Å²) in [6, 6.07) is 0. The molecule has 0 spiro atoms. The third kappa shape index (κ3) is 8.30. The van der Waals surface area contributed by atoms with E-state index in [9.17, 15) is 40.2 Å². The molecule has 6 rings (SSSR count). The van der Waals surface area contributed by atoms with Gasteiger partial charge in [-0.2, -0.15) is 5.10 Å². The van der Waals surface area contributed by atoms with E-state index >= 15 is 0 Å². The van der Waals surface area contributed by atoms with Gasteiger partial charge in [-0.1, -0.05) is 41.0 Å². The Balaban J connectivity index is 1.61. The first-order valence-electron chi connectivity index (χ1n) is 19.8. The number of rotatable bonds is 3. The number of ketones is 1. The lowest BCUT2D eigenvalue weighted by Crippen LogP contribution is -2.45. The molecule has 15 heteroatoms. The maximum atomic E-state index is 14.4. The largest absolute Gasteiger partial charge is 0.507 e. The Morgan fingerprint density at radius 3 is 2.12 bits per heavy atom. The van der Waals surface area contributed by atoms with Crippen LogP contribution in [-0.2, 0) is 14.3 Å². The van der Waals surface area contributed by atoms with E-state index < -0.39 is 82.8 Å². The maximum Gasteiger partial charge on any atom is 0.272 e. The van der Waals surface area contributed by atoms with Gasteiger partial charge in [-0.3, -0.25) is 14.6 Å². The van der Waals surface area contributed by atoms with E-state index in [0.29, 0.717) is 32.4 Å². The molecule has 0 aromatic heterocycles. The van der Waals surface area contributed by atoms with Gasteiger partial charge in [0.25, 0.3) is 5.79 Å². The molecule has 312 valence electrons. The highest BCUT2D eigenvalue weighted by Gasteiger charge is 2.49. The van der Waals surface area contributed by atoms with Crippen LogP contribution in [0, 0.1) is 36.5 Å². The first kappa shape index (κ1) is 43.4. The summed E-state index contributed by atoms with van der Waals surface area (Å²) in [5, 5.41) is 78.2. The maximum absolute atomic E-state index is 14.4. The van der Waals surface area contributed by atoms with Crippen LogP contribution in [0.4, 0.5) is 5.69 Å². The number of piperazine rings is 1. The number of aromatic hydroxyl groups is 3. The van der Waals surface area contributed by atoms with E-state index in [1.165, 1.54) is 27.2 Å². The van der Waals surface area contributed by atoms with Crippen LogP contribution in [0.2, 0.25) is 0 Å². The second kappa shape index (κ2) is 17.4. The first-order chi connectivity index (χ1) is 26.3. The van der Waals surface area contributed by atoms with Crippen molar-refractivity contribution in [3.63, 3.8) is 0 Å². The van der Waals surface area contributed by atoms with Gasteiger partial charge in [0.05, 0.1) is 59.4 Å². The molecule has 0 aliphatic carbocycles. The van der Waals surface area contributed by atoms with Gasteiger partial charge in [-0.05, 0) is 39.2 Å². The van der Waals surface area contributed by atoms with Crippen LogP contribution in [0.5, 0.6) is 23.0 Å². The van der Waals surface area contributed by atoms with Crippen LogP contribution < -0.4 is 10.1 Å². The predicted octanol–water partition coefficient (Wildman–Crippen LogP) is 3.94. The van der Waals surface area contributed by atoms with E-state index in [1.54, 1.807) is 32.7 Å². The van der Waals surface area contributed by atoms with Gasteiger partial charge < -0.3 is 55.1 Å². The number of fused-ring (bicyclic) bond motifs is 17. The Labute approximate surface area is 329 Å². The van der Waals surface area contributed by atoms with Crippen LogP contribution in [0.15, 0.2) is 5.10 Å². The Bertz CT molecular complexity index is 1800. The number of methoxy groups -OCH3 is 1. The molecule has 7 N–H and O–H groups in total. The monoisotopic (exact) mass is 786 g/mol. The zero-order valence-electron chi connectivity index (χ0n) is 34.2. The molecule has 4 aliphatic heterocycles. The van der Waals surface area contributed by atoms with Crippen LogP contribution >= 0.6 is 0 Å². The summed E-state index contributed by atoms with van der Waals surface area (Å²) >= 11 is 0. The minimum Gasteiger partial charge on any atom is -0.507 e. The molecule has 15 nitrogen and oxygen atoms in total. The molecule has 2 aromatic carbocycles. The van der Waals surface area contributed by atoms with Crippen LogP contribution in [0.25, 0.3) is 10.8 Å². The predicted molar refractivity (Wildman–Crippen MR) is 211 cm³/mol. The number of aliphatic hydroxyl groups excluding tert-OH is 3. The molecule has 1 amide bonds. The molecule has 4 heterocycles. The molecule has 1 fully saturated rings. The molecule has 56 heavy (non-hydrogen) atoms. The van der Waals surface area contributed by atoms with E-state index in [4.69, 9.17) is 14.2 Å². The highest BCUT2D eigenvalue weighted by atomic mass is 16.7. The number of Topliss-reactive ketones (excluding diaryl/α,β-unsaturated/α-hetero) is 1. The van der Waals surface area contributed by atoms with E-state index in [-0.39, 0.29) is 57.8 Å². The van der Waals surface area contributed by atoms with Crippen molar-refractivity contribution in [3.8, 4) is 23.0 Å². The molecule has 4 aliphatic rings.